The van der Waals surface area contributed by atoms with Crippen molar-refractivity contribution in [2.75, 3.05) is 39.8 Å². The molecule has 0 aliphatic carbocycles. The highest BCUT2D eigenvalue weighted by Crippen LogP contribution is 2.26. The first-order valence-corrected chi connectivity index (χ1v) is 9.94. The number of nitrogens with zero attached hydrogens (tertiary/aromatic N) is 2. The predicted octanol–water partition coefficient (Wildman–Crippen LogP) is 3.27. The molecule has 2 aliphatic rings. The third-order valence-corrected chi connectivity index (χ3v) is 5.82. The van der Waals surface area contributed by atoms with Crippen LogP contribution in [0.3, 0.4) is 0 Å². The van der Waals surface area contributed by atoms with Crippen molar-refractivity contribution in [2.45, 2.75) is 37.9 Å². The molecule has 2 atom stereocenters. The summed E-state index contributed by atoms with van der Waals surface area (Å²) in [6, 6.07) is 12.1. The normalized spacial score (nSPS) is 25.6. The van der Waals surface area contributed by atoms with Gasteiger partial charge in [-0.1, -0.05) is 24.3 Å². The van der Waals surface area contributed by atoms with Gasteiger partial charge in [-0.3, -0.25) is 4.90 Å². The van der Waals surface area contributed by atoms with Gasteiger partial charge in [0, 0.05) is 19.6 Å². The van der Waals surface area contributed by atoms with Gasteiger partial charge >= 0.3 is 0 Å². The maximum Gasteiger partial charge on any atom is 0.116 e. The summed E-state index contributed by atoms with van der Waals surface area (Å²) in [5.41, 5.74) is 1.32. The van der Waals surface area contributed by atoms with Crippen molar-refractivity contribution in [1.82, 2.24) is 9.80 Å². The monoisotopic (exact) mass is 354 g/mol. The van der Waals surface area contributed by atoms with Gasteiger partial charge < -0.3 is 14.7 Å². The second kappa shape index (κ2) is 7.95. The van der Waals surface area contributed by atoms with Crippen molar-refractivity contribution in [3.63, 3.8) is 0 Å². The molecule has 0 radical (unpaired) electrons. The van der Waals surface area contributed by atoms with Crippen molar-refractivity contribution in [1.29, 1.82) is 0 Å². The Balaban J connectivity index is 1.32. The summed E-state index contributed by atoms with van der Waals surface area (Å²) < 4.78 is 6.37. The van der Waals surface area contributed by atoms with Crippen LogP contribution in [0.4, 0.5) is 0 Å². The van der Waals surface area contributed by atoms with Crippen LogP contribution >= 0.6 is 0 Å². The van der Waals surface area contributed by atoms with Crippen molar-refractivity contribution < 1.29 is 9.84 Å². The predicted molar refractivity (Wildman–Crippen MR) is 106 cm³/mol. The van der Waals surface area contributed by atoms with E-state index in [1.54, 1.807) is 6.07 Å². The van der Waals surface area contributed by atoms with Gasteiger partial charge in [0.25, 0.3) is 0 Å². The summed E-state index contributed by atoms with van der Waals surface area (Å²) in [5, 5.41) is 11.9. The highest BCUT2D eigenvalue weighted by atomic mass is 16.5. The van der Waals surface area contributed by atoms with E-state index in [2.05, 4.69) is 35.0 Å². The summed E-state index contributed by atoms with van der Waals surface area (Å²) in [7, 11) is 2.22. The lowest BCUT2D eigenvalue weighted by Crippen LogP contribution is -2.35. The molecule has 0 amide bonds. The number of aromatic hydroxyl groups is 1. The summed E-state index contributed by atoms with van der Waals surface area (Å²) in [5.74, 6) is 0.326. The van der Waals surface area contributed by atoms with Crippen LogP contribution in [0.1, 0.15) is 24.8 Å². The van der Waals surface area contributed by atoms with Crippen molar-refractivity contribution in [3.8, 4) is 5.75 Å². The summed E-state index contributed by atoms with van der Waals surface area (Å²) in [4.78, 5) is 5.01. The average molecular weight is 354 g/mol. The van der Waals surface area contributed by atoms with Gasteiger partial charge in [0.2, 0.25) is 0 Å². The maximum absolute atomic E-state index is 9.60. The van der Waals surface area contributed by atoms with Gasteiger partial charge in [-0.05, 0) is 74.3 Å². The zero-order valence-corrected chi connectivity index (χ0v) is 15.7. The second-order valence-corrected chi connectivity index (χ2v) is 7.98. The quantitative estimate of drug-likeness (QED) is 0.914. The fourth-order valence-corrected chi connectivity index (χ4v) is 4.31. The highest BCUT2D eigenvalue weighted by molar-refractivity contribution is 5.84. The SMILES string of the molecule is CN1CCCN(C[C@@H]2CC[C@H](Cc3ccc4cc(O)ccc4c3)O2)CC1. The van der Waals surface area contributed by atoms with Crippen LogP contribution in [0.15, 0.2) is 36.4 Å². The van der Waals surface area contributed by atoms with Gasteiger partial charge in [0.15, 0.2) is 0 Å². The largest absolute Gasteiger partial charge is 0.508 e. The van der Waals surface area contributed by atoms with Crippen molar-refractivity contribution in [2.24, 2.45) is 0 Å². The Kier molecular flexibility index (Phi) is 5.44. The van der Waals surface area contributed by atoms with Crippen LogP contribution in [0.2, 0.25) is 0 Å². The smallest absolute Gasteiger partial charge is 0.116 e. The highest BCUT2D eigenvalue weighted by Gasteiger charge is 2.27. The van der Waals surface area contributed by atoms with E-state index in [-0.39, 0.29) is 0 Å². The number of phenolic OH excluding ortho intramolecular Hbond substituents is 1. The second-order valence-electron chi connectivity index (χ2n) is 7.98. The zero-order valence-electron chi connectivity index (χ0n) is 15.7. The number of fused-ring (bicyclic) bond motifs is 1. The first-order valence-electron chi connectivity index (χ1n) is 9.94. The number of phenols is 1. The molecule has 0 spiro atoms. The van der Waals surface area contributed by atoms with E-state index in [9.17, 15) is 5.11 Å². The molecule has 2 fully saturated rings. The van der Waals surface area contributed by atoms with Crippen molar-refractivity contribution >= 4 is 10.8 Å². The minimum atomic E-state index is 0.326. The molecular formula is C22H30N2O2. The average Bonchev–Trinajstić information content (AvgIpc) is 2.96. The number of ether oxygens (including phenoxy) is 1. The molecule has 4 rings (SSSR count). The van der Waals surface area contributed by atoms with E-state index in [1.165, 1.54) is 50.0 Å². The molecule has 4 nitrogen and oxygen atoms in total. The lowest BCUT2D eigenvalue weighted by Gasteiger charge is -2.24. The molecular weight excluding hydrogens is 324 g/mol. The van der Waals surface area contributed by atoms with E-state index in [0.29, 0.717) is 18.0 Å². The van der Waals surface area contributed by atoms with Crippen molar-refractivity contribution in [3.05, 3.63) is 42.0 Å². The standard InChI is InChI=1S/C22H30N2O2/c1-23-9-2-10-24(12-11-23)16-22-8-7-21(26-22)14-17-3-4-19-15-20(25)6-5-18(19)13-17/h3-6,13,15,21-22,25H,2,7-12,14,16H2,1H3/t21-,22+/m1/s1. The number of hydrogen-bond donors (Lipinski definition) is 1. The summed E-state index contributed by atoms with van der Waals surface area (Å²) >= 11 is 0. The zero-order chi connectivity index (χ0) is 17.9. The van der Waals surface area contributed by atoms with Crippen LogP contribution in [-0.2, 0) is 11.2 Å². The molecule has 0 aromatic heterocycles. The molecule has 26 heavy (non-hydrogen) atoms. The molecule has 2 saturated heterocycles. The van der Waals surface area contributed by atoms with Crippen LogP contribution in [-0.4, -0.2) is 66.9 Å². The third-order valence-electron chi connectivity index (χ3n) is 5.82. The third kappa shape index (κ3) is 4.37. The molecule has 2 aromatic rings. The Bertz CT molecular complexity index is 748. The Morgan fingerprint density at radius 2 is 1.77 bits per heavy atom. The number of hydrogen-bond acceptors (Lipinski definition) is 4. The fourth-order valence-electron chi connectivity index (χ4n) is 4.31. The molecule has 2 aromatic carbocycles. The van der Waals surface area contributed by atoms with Gasteiger partial charge in [-0.15, -0.1) is 0 Å². The van der Waals surface area contributed by atoms with E-state index < -0.39 is 0 Å². The summed E-state index contributed by atoms with van der Waals surface area (Å²) in [6.45, 7) is 5.83. The Hall–Kier alpha value is -1.62. The van der Waals surface area contributed by atoms with E-state index in [0.717, 1.165) is 24.8 Å². The Labute approximate surface area is 156 Å². The molecule has 0 saturated carbocycles. The lowest BCUT2D eigenvalue weighted by atomic mass is 10.0. The molecule has 2 heterocycles. The fraction of sp³-hybridized carbons (Fsp3) is 0.545. The van der Waals surface area contributed by atoms with Gasteiger partial charge in [0.05, 0.1) is 12.2 Å². The van der Waals surface area contributed by atoms with E-state index in [1.807, 2.05) is 12.1 Å². The molecule has 0 bridgehead atoms. The molecule has 2 aliphatic heterocycles. The van der Waals surface area contributed by atoms with Crippen LogP contribution in [0.5, 0.6) is 5.75 Å². The maximum atomic E-state index is 9.60. The first-order chi connectivity index (χ1) is 12.7. The van der Waals surface area contributed by atoms with E-state index >= 15 is 0 Å². The number of likely N-dealkylation sites (N-methyl/N-ethyl adjacent to an activating group) is 1. The Morgan fingerprint density at radius 1 is 0.962 bits per heavy atom. The van der Waals surface area contributed by atoms with Gasteiger partial charge in [-0.25, -0.2) is 0 Å². The molecule has 140 valence electrons. The minimum Gasteiger partial charge on any atom is -0.508 e. The van der Waals surface area contributed by atoms with Crippen LogP contribution in [0, 0.1) is 0 Å². The first kappa shape index (κ1) is 17.8. The van der Waals surface area contributed by atoms with Crippen LogP contribution < -0.4 is 0 Å². The molecule has 1 N–H and O–H groups in total. The summed E-state index contributed by atoms with van der Waals surface area (Å²) in [6.07, 6.45) is 5.31. The van der Waals surface area contributed by atoms with E-state index in [4.69, 9.17) is 4.74 Å². The number of rotatable bonds is 4. The molecule has 4 heteroatoms. The molecule has 0 unspecified atom stereocenters. The topological polar surface area (TPSA) is 35.9 Å². The van der Waals surface area contributed by atoms with Crippen LogP contribution in [0.25, 0.3) is 10.8 Å². The van der Waals surface area contributed by atoms with Gasteiger partial charge in [-0.2, -0.15) is 0 Å². The van der Waals surface area contributed by atoms with Gasteiger partial charge in [0.1, 0.15) is 5.75 Å². The Morgan fingerprint density at radius 3 is 2.69 bits per heavy atom. The lowest BCUT2D eigenvalue weighted by molar-refractivity contribution is 0.0241. The number of benzene rings is 2. The minimum absolute atomic E-state index is 0.326.